The van der Waals surface area contributed by atoms with E-state index in [2.05, 4.69) is 63.8 Å². The predicted octanol–water partition coefficient (Wildman–Crippen LogP) is 4.81. The summed E-state index contributed by atoms with van der Waals surface area (Å²) in [6, 6.07) is 3.51. The fourth-order valence-corrected chi connectivity index (χ4v) is 6.35. The number of piperidine rings is 3. The summed E-state index contributed by atoms with van der Waals surface area (Å²) in [6.45, 7) is 6.17. The third-order valence-corrected chi connectivity index (χ3v) is 9.93. The van der Waals surface area contributed by atoms with Crippen LogP contribution in [0.3, 0.4) is 0 Å². The third-order valence-electron chi connectivity index (χ3n) is 9.53. The van der Waals surface area contributed by atoms with Gasteiger partial charge in [-0.15, -0.1) is 12.3 Å². The lowest BCUT2D eigenvalue weighted by molar-refractivity contribution is -0.385. The van der Waals surface area contributed by atoms with Gasteiger partial charge in [0.1, 0.15) is 19.0 Å². The number of hydrogen-bond acceptors (Lipinski definition) is 18. The number of anilines is 1. The van der Waals surface area contributed by atoms with E-state index in [1.165, 1.54) is 74.6 Å². The molecule has 0 radical (unpaired) electrons. The maximum atomic E-state index is 12.8. The number of alkyl halides is 1. The van der Waals surface area contributed by atoms with Crippen LogP contribution in [0.1, 0.15) is 158 Å². The number of nitrogens with one attached hydrogen (secondary N) is 3. The number of esters is 1. The molecular weight excluding hydrogens is 1140 g/mol. The number of nitrogen functional groups attached to an aromatic ring is 1. The fraction of sp³-hybridized carbons (Fsp3) is 0.451. The number of halogens is 2. The molecule has 3 fully saturated rings. The van der Waals surface area contributed by atoms with E-state index in [0.717, 1.165) is 38.3 Å². The number of amides is 8. The number of aliphatic hydroxyl groups excluding tert-OH is 1. The SMILES string of the molecule is CCN(CC)CC.S.[2H]C([2H])(Br)c1c(C(=O)OC)cccc1[N+](=O)[O-].[2H]C1([2H])c2c(N)cccc2C(=O)N1C1([2H])C(=O)NC(=O)C([2H])([2H])C1([2H])[2H].[2H]C1([2H])c2c(cccc2[N+](=O)[O-])C(=O)N1C1([2H])C(=O)NC(=O)C([2H])([2H])C1([2H])[2H].[2H]CC(C)=O.[2H]Cl.[2H]N1C(=O)C([2H])([2H])C([2H])([2H])[C@]([2H])(C)C1=O.[2H]OC. The maximum absolute atomic E-state index is 12.8. The first-order chi connectivity index (χ1) is 46.6. The van der Waals surface area contributed by atoms with Gasteiger partial charge in [-0.1, -0.05) is 61.8 Å². The number of ether oxygens (including phenoxy) is 1. The number of nitro benzene ring substituents is 2. The predicted molar refractivity (Wildman–Crippen MR) is 300 cm³/mol. The number of imide groups is 3. The first-order valence-electron chi connectivity index (χ1n) is 34.1. The van der Waals surface area contributed by atoms with Crippen LogP contribution in [0.4, 0.5) is 17.1 Å². The highest BCUT2D eigenvalue weighted by atomic mass is 79.9. The Morgan fingerprint density at radius 3 is 1.68 bits per heavy atom. The number of methoxy groups -OCH3 is 1. The molecule has 25 nitrogen and oxygen atoms in total. The number of benzene rings is 3. The number of carbonyl (C=O) groups excluding carboxylic acids is 10. The summed E-state index contributed by atoms with van der Waals surface area (Å²) in [6.07, 6.45) is -20.1. The number of nitrogens with zero attached hydrogens (tertiary/aromatic N) is 5. The van der Waals surface area contributed by atoms with Crippen molar-refractivity contribution in [2.24, 2.45) is 5.89 Å². The van der Waals surface area contributed by atoms with Gasteiger partial charge in [0.05, 0.1) is 53.9 Å². The minimum atomic E-state index is -3.70. The van der Waals surface area contributed by atoms with Gasteiger partial charge >= 0.3 is 5.97 Å². The molecule has 8 rings (SSSR count). The lowest BCUT2D eigenvalue weighted by Gasteiger charge is -2.29. The molecule has 434 valence electrons. The minimum Gasteiger partial charge on any atom is -0.465 e. The molecule has 8 amide bonds. The molecule has 5 aliphatic heterocycles. The number of rotatable bonds is 9. The summed E-state index contributed by atoms with van der Waals surface area (Å²) in [5.74, 6) is -15.7. The van der Waals surface area contributed by atoms with Crippen LogP contribution in [-0.4, -0.2) is 137 Å². The van der Waals surface area contributed by atoms with Crippen molar-refractivity contribution in [3.8, 4) is 0 Å². The molecule has 3 aromatic rings. The van der Waals surface area contributed by atoms with Crippen LogP contribution >= 0.6 is 41.7 Å². The molecule has 0 aliphatic carbocycles. The zero-order chi connectivity index (χ0) is 81.5. The average Bonchev–Trinajstić information content (AvgIpc) is 1.44. The Bertz CT molecular complexity index is 3770. The normalized spacial score (nSPS) is 30.1. The molecular formula is C51H69BrClN9O16S. The number of ketones is 1. The van der Waals surface area contributed by atoms with Gasteiger partial charge in [0, 0.05) is 94.8 Å². The summed E-state index contributed by atoms with van der Waals surface area (Å²) < 4.78 is 192. The first kappa shape index (κ1) is 39.2. The lowest BCUT2D eigenvalue weighted by Crippen LogP contribution is -2.52. The Morgan fingerprint density at radius 1 is 0.835 bits per heavy atom. The van der Waals surface area contributed by atoms with Crippen LogP contribution < -0.4 is 21.7 Å². The molecule has 3 aromatic carbocycles. The van der Waals surface area contributed by atoms with Crippen molar-refractivity contribution in [1.82, 2.24) is 30.6 Å². The van der Waals surface area contributed by atoms with E-state index in [-0.39, 0.29) is 69.2 Å². The summed E-state index contributed by atoms with van der Waals surface area (Å²) >= 11 is 6.56. The van der Waals surface area contributed by atoms with Crippen LogP contribution in [0.2, 0.25) is 1.41 Å². The highest BCUT2D eigenvalue weighted by molar-refractivity contribution is 9.08. The van der Waals surface area contributed by atoms with Crippen LogP contribution in [0.15, 0.2) is 54.6 Å². The van der Waals surface area contributed by atoms with Crippen LogP contribution in [0, 0.1) is 26.1 Å². The van der Waals surface area contributed by atoms with Crippen molar-refractivity contribution in [2.75, 3.05) is 39.6 Å². The van der Waals surface area contributed by atoms with E-state index in [0.29, 0.717) is 0 Å². The fourth-order valence-electron chi connectivity index (χ4n) is 5.94. The summed E-state index contributed by atoms with van der Waals surface area (Å²) in [4.78, 5) is 140. The Kier molecular flexibility index (Phi) is 17.5. The summed E-state index contributed by atoms with van der Waals surface area (Å²) in [5, 5.41) is 26.0. The molecule has 0 aromatic heterocycles. The van der Waals surface area contributed by atoms with Gasteiger partial charge in [0.15, 0.2) is 1.41 Å². The topological polar surface area (TPSA) is 358 Å². The van der Waals surface area contributed by atoms with E-state index in [9.17, 15) is 68.2 Å². The highest BCUT2D eigenvalue weighted by Gasteiger charge is 2.42. The summed E-state index contributed by atoms with van der Waals surface area (Å²) in [5.41, 5.74) is 1.73. The number of nitrogens with two attached hydrogens (primary N) is 1. The number of hydrogen-bond donors (Lipinski definition) is 5. The Labute approximate surface area is 513 Å². The van der Waals surface area contributed by atoms with Crippen LogP contribution in [0.5, 0.6) is 0 Å². The zero-order valence-electron chi connectivity index (χ0n) is 67.6. The number of aliphatic hydroxyl groups is 1. The molecule has 5 heterocycles. The molecule has 6 N–H and O–H groups in total. The number of fused-ring (bicyclic) bond motifs is 2. The van der Waals surface area contributed by atoms with E-state index >= 15 is 0 Å². The second-order valence-corrected chi connectivity index (χ2v) is 14.9. The number of Topliss-reactive ketones (excluding diaryl/α,β-unsaturated/α-hetero) is 1. The first-order valence-corrected chi connectivity index (χ1v) is 22.5. The smallest absolute Gasteiger partial charge is 0.338 e. The zero-order valence-corrected chi connectivity index (χ0v) is 45.9. The van der Waals surface area contributed by atoms with Gasteiger partial charge < -0.3 is 35.1 Å². The maximum Gasteiger partial charge on any atom is 0.338 e. The molecule has 0 bridgehead atoms. The molecule has 3 atom stereocenters. The second-order valence-electron chi connectivity index (χ2n) is 14.5. The van der Waals surface area contributed by atoms with Gasteiger partial charge in [-0.3, -0.25) is 74.5 Å². The van der Waals surface area contributed by atoms with E-state index in [1.807, 2.05) is 0 Å². The lowest BCUT2D eigenvalue weighted by atomic mass is 10.0. The molecule has 2 unspecified atom stereocenters. The standard InChI is InChI=1S/C13H11N3O5.C13H13N3O3.C9H8BrNO4.C6H9NO2.C6H15N.C3H6O.CH4O.ClH.H2S/c17-11-5-4-10(12(18)14-11)15-6-8-7(13(15)19)2-1-3-9(8)16(20)21;14-9-3-1-2-7-8(9)6-16(13(7)19)10-4-5-11(17)15-12(10)18;1-15-9(12)6-3-2-4-8(11(13)14)7(6)5-10;1-4-2-3-5(8)7-6(4)9;1-4-7(5-2)6-3;1-3(2)4;1-2;;/h1-3,10H,4-6H2,(H,14,17,18);1-3,10H,4-6,14H2,(H,15,17,18);2-4H,5H2,1H3;4H,2-3H2,1H3,(H,7,8,9);4-6H2,1-3H3;1-2H3;2H,1H3;1H;1H2/t;;;4-;;;;;/m...0...../s1/i2*4D2,5D2,6D2,10D;5D2;2D2,3D2,4D;;1D;2D;;/hD2. The van der Waals surface area contributed by atoms with Crippen LogP contribution in [-0.2, 0) is 56.6 Å². The van der Waals surface area contributed by atoms with E-state index < -0.39 is 160 Å². The van der Waals surface area contributed by atoms with Gasteiger partial charge in [-0.05, 0) is 76.8 Å². The van der Waals surface area contributed by atoms with Crippen molar-refractivity contribution in [3.05, 3.63) is 108 Å². The summed E-state index contributed by atoms with van der Waals surface area (Å²) in [7, 11) is 2.41. The van der Waals surface area contributed by atoms with Crippen molar-refractivity contribution < 1.29 is 99.2 Å². The molecule has 3 saturated heterocycles. The van der Waals surface area contributed by atoms with Crippen molar-refractivity contribution in [2.45, 2.75) is 110 Å². The van der Waals surface area contributed by atoms with E-state index in [1.54, 1.807) is 0 Å². The van der Waals surface area contributed by atoms with Gasteiger partial charge in [-0.2, -0.15) is 13.5 Å². The van der Waals surface area contributed by atoms with Gasteiger partial charge in [0.2, 0.25) is 36.9 Å². The molecule has 5 aliphatic rings. The van der Waals surface area contributed by atoms with Crippen molar-refractivity contribution in [1.29, 1.82) is 2.60 Å². The Morgan fingerprint density at radius 2 is 1.27 bits per heavy atom. The van der Waals surface area contributed by atoms with Gasteiger partial charge in [0.25, 0.3) is 23.2 Å². The van der Waals surface area contributed by atoms with Crippen molar-refractivity contribution >= 4 is 118 Å². The largest absolute Gasteiger partial charge is 0.465 e. The number of nitro groups is 2. The van der Waals surface area contributed by atoms with Crippen LogP contribution in [0.25, 0.3) is 0 Å². The quantitative estimate of drug-likeness (QED) is 0.0479. The Balaban J connectivity index is 0.00000129. The number of carbonyl (C=O) groups is 10. The second kappa shape index (κ2) is 35.3. The average molecular weight is 1240 g/mol. The molecule has 79 heavy (non-hydrogen) atoms. The van der Waals surface area contributed by atoms with Crippen molar-refractivity contribution in [3.63, 3.8) is 0 Å². The third kappa shape index (κ3) is 20.5. The highest BCUT2D eigenvalue weighted by Crippen LogP contribution is 2.34. The monoisotopic (exact) mass is 1230 g/mol. The van der Waals surface area contributed by atoms with E-state index in [4.69, 9.17) is 39.9 Å². The molecule has 0 spiro atoms. The molecule has 28 heteroatoms. The van der Waals surface area contributed by atoms with Gasteiger partial charge in [-0.25, -0.2) is 4.79 Å². The molecule has 0 saturated carbocycles. The minimum absolute atomic E-state index is 0. The Hall–Kier alpha value is -7.20.